The molecule has 2 atom stereocenters. The van der Waals surface area contributed by atoms with Gasteiger partial charge in [-0.15, -0.1) is 0 Å². The zero-order valence-electron chi connectivity index (χ0n) is 16.7. The molecule has 0 radical (unpaired) electrons. The Bertz CT molecular complexity index is 519. The largest absolute Gasteiger partial charge is 0.352 e. The number of hydrogen-bond acceptors (Lipinski definition) is 3. The van der Waals surface area contributed by atoms with Crippen LogP contribution in [-0.2, 0) is 17.9 Å². The van der Waals surface area contributed by atoms with E-state index >= 15 is 0 Å². The normalized spacial score (nSPS) is 20.9. The van der Waals surface area contributed by atoms with Crippen molar-refractivity contribution < 1.29 is 4.79 Å². The van der Waals surface area contributed by atoms with E-state index in [0.717, 1.165) is 50.6 Å². The molecule has 4 heteroatoms. The number of nitrogens with zero attached hydrogens (tertiary/aromatic N) is 1. The van der Waals surface area contributed by atoms with Crippen LogP contribution in [-0.4, -0.2) is 30.4 Å². The number of amides is 1. The van der Waals surface area contributed by atoms with Crippen LogP contribution in [0.15, 0.2) is 24.3 Å². The van der Waals surface area contributed by atoms with E-state index in [9.17, 15) is 4.79 Å². The molecule has 0 bridgehead atoms. The van der Waals surface area contributed by atoms with Crippen LogP contribution >= 0.6 is 0 Å². The summed E-state index contributed by atoms with van der Waals surface area (Å²) in [5.41, 5.74) is 8.01. The molecule has 1 amide bonds. The molecule has 2 unspecified atom stereocenters. The number of likely N-dealkylation sites (tertiary alicyclic amines) is 1. The second-order valence-corrected chi connectivity index (χ2v) is 8.19. The molecule has 1 aromatic rings. The van der Waals surface area contributed by atoms with Gasteiger partial charge in [0.2, 0.25) is 5.91 Å². The molecule has 0 aliphatic carbocycles. The molecule has 0 saturated carbocycles. The van der Waals surface area contributed by atoms with E-state index in [0.29, 0.717) is 13.0 Å². The maximum Gasteiger partial charge on any atom is 0.220 e. The number of unbranched alkanes of at least 4 members (excludes halogenated alkanes) is 3. The summed E-state index contributed by atoms with van der Waals surface area (Å²) in [6.07, 6.45) is 6.20. The molecule has 0 spiro atoms. The van der Waals surface area contributed by atoms with Crippen LogP contribution in [0.2, 0.25) is 0 Å². The Kier molecular flexibility index (Phi) is 9.13. The minimum atomic E-state index is 0.151. The first-order valence-corrected chi connectivity index (χ1v) is 10.3. The minimum absolute atomic E-state index is 0.151. The summed E-state index contributed by atoms with van der Waals surface area (Å²) in [5, 5.41) is 3.03. The van der Waals surface area contributed by atoms with Gasteiger partial charge in [-0.3, -0.25) is 9.69 Å². The third-order valence-corrected chi connectivity index (χ3v) is 5.22. The maximum absolute atomic E-state index is 11.9. The fourth-order valence-corrected chi connectivity index (χ4v) is 4.01. The van der Waals surface area contributed by atoms with Gasteiger partial charge in [0.15, 0.2) is 0 Å². The zero-order valence-corrected chi connectivity index (χ0v) is 16.7. The highest BCUT2D eigenvalue weighted by molar-refractivity contribution is 5.75. The number of benzene rings is 1. The van der Waals surface area contributed by atoms with Crippen molar-refractivity contribution in [2.24, 2.45) is 17.6 Å². The Hall–Kier alpha value is -1.39. The minimum Gasteiger partial charge on any atom is -0.352 e. The van der Waals surface area contributed by atoms with Crippen LogP contribution in [0.1, 0.15) is 63.5 Å². The number of carbonyl (C=O) groups is 1. The third-order valence-electron chi connectivity index (χ3n) is 5.22. The molecular formula is C22H37N3O. The fourth-order valence-electron chi connectivity index (χ4n) is 4.01. The molecule has 26 heavy (non-hydrogen) atoms. The van der Waals surface area contributed by atoms with Gasteiger partial charge in [-0.25, -0.2) is 0 Å². The van der Waals surface area contributed by atoms with Gasteiger partial charge in [0.25, 0.3) is 0 Å². The fraction of sp³-hybridized carbons (Fsp3) is 0.682. The van der Waals surface area contributed by atoms with Crippen LogP contribution < -0.4 is 11.1 Å². The van der Waals surface area contributed by atoms with Gasteiger partial charge in [-0.05, 0) is 48.8 Å². The van der Waals surface area contributed by atoms with Crippen molar-refractivity contribution in [2.45, 2.75) is 65.5 Å². The SMILES string of the molecule is CC1CC(C)CN(Cc2ccc(CNC(=O)CCCCCCN)cc2)C1. The van der Waals surface area contributed by atoms with Gasteiger partial charge < -0.3 is 11.1 Å². The van der Waals surface area contributed by atoms with E-state index in [4.69, 9.17) is 5.73 Å². The van der Waals surface area contributed by atoms with Crippen molar-refractivity contribution >= 4 is 5.91 Å². The lowest BCUT2D eigenvalue weighted by atomic mass is 9.91. The molecule has 1 aliphatic heterocycles. The number of piperidine rings is 1. The summed E-state index contributed by atoms with van der Waals surface area (Å²) >= 11 is 0. The van der Waals surface area contributed by atoms with Gasteiger partial charge >= 0.3 is 0 Å². The van der Waals surface area contributed by atoms with Gasteiger partial charge in [0.1, 0.15) is 0 Å². The summed E-state index contributed by atoms with van der Waals surface area (Å²) < 4.78 is 0. The molecule has 4 nitrogen and oxygen atoms in total. The Balaban J connectivity index is 1.68. The predicted octanol–water partition coefficient (Wildman–Crippen LogP) is 3.69. The van der Waals surface area contributed by atoms with E-state index < -0.39 is 0 Å². The Morgan fingerprint density at radius 1 is 1.04 bits per heavy atom. The molecule has 0 aromatic heterocycles. The van der Waals surface area contributed by atoms with Gasteiger partial charge in [-0.1, -0.05) is 51.0 Å². The van der Waals surface area contributed by atoms with Crippen LogP contribution in [0, 0.1) is 11.8 Å². The second-order valence-electron chi connectivity index (χ2n) is 8.19. The summed E-state index contributed by atoms with van der Waals surface area (Å²) in [6, 6.07) is 8.71. The average molecular weight is 360 g/mol. The van der Waals surface area contributed by atoms with E-state index in [-0.39, 0.29) is 5.91 Å². The lowest BCUT2D eigenvalue weighted by Crippen LogP contribution is -2.38. The van der Waals surface area contributed by atoms with Gasteiger partial charge in [0.05, 0.1) is 0 Å². The number of rotatable bonds is 10. The van der Waals surface area contributed by atoms with Crippen molar-refractivity contribution in [1.82, 2.24) is 10.2 Å². The number of nitrogens with one attached hydrogen (secondary N) is 1. The summed E-state index contributed by atoms with van der Waals surface area (Å²) in [6.45, 7) is 9.52. The molecule has 1 saturated heterocycles. The summed E-state index contributed by atoms with van der Waals surface area (Å²) in [7, 11) is 0. The van der Waals surface area contributed by atoms with Crippen molar-refractivity contribution in [1.29, 1.82) is 0 Å². The molecule has 2 rings (SSSR count). The molecule has 1 aliphatic rings. The maximum atomic E-state index is 11.9. The predicted molar refractivity (Wildman–Crippen MR) is 109 cm³/mol. The molecule has 1 fully saturated rings. The highest BCUT2D eigenvalue weighted by Gasteiger charge is 2.21. The quantitative estimate of drug-likeness (QED) is 0.626. The van der Waals surface area contributed by atoms with Crippen LogP contribution in [0.3, 0.4) is 0 Å². The molecular weight excluding hydrogens is 322 g/mol. The van der Waals surface area contributed by atoms with E-state index in [2.05, 4.69) is 48.3 Å². The average Bonchev–Trinajstić information content (AvgIpc) is 2.60. The van der Waals surface area contributed by atoms with Crippen molar-refractivity contribution in [3.05, 3.63) is 35.4 Å². The lowest BCUT2D eigenvalue weighted by Gasteiger charge is -2.35. The van der Waals surface area contributed by atoms with Gasteiger partial charge in [0, 0.05) is 32.6 Å². The standard InChI is InChI=1S/C22H37N3O/c1-18-13-19(2)16-25(15-18)17-21-10-8-20(9-11-21)14-24-22(26)7-5-3-4-6-12-23/h8-11,18-19H,3-7,12-17,23H2,1-2H3,(H,24,26). The highest BCUT2D eigenvalue weighted by atomic mass is 16.1. The summed E-state index contributed by atoms with van der Waals surface area (Å²) in [5.74, 6) is 1.74. The first kappa shape index (κ1) is 20.9. The zero-order chi connectivity index (χ0) is 18.8. The van der Waals surface area contributed by atoms with Crippen LogP contribution in [0.5, 0.6) is 0 Å². The monoisotopic (exact) mass is 359 g/mol. The number of nitrogens with two attached hydrogens (primary N) is 1. The molecule has 3 N–H and O–H groups in total. The first-order chi connectivity index (χ1) is 12.6. The van der Waals surface area contributed by atoms with Crippen LogP contribution in [0.4, 0.5) is 0 Å². The van der Waals surface area contributed by atoms with Crippen LogP contribution in [0.25, 0.3) is 0 Å². The van der Waals surface area contributed by atoms with Crippen molar-refractivity contribution in [2.75, 3.05) is 19.6 Å². The van der Waals surface area contributed by atoms with Gasteiger partial charge in [-0.2, -0.15) is 0 Å². The second kappa shape index (κ2) is 11.3. The smallest absolute Gasteiger partial charge is 0.220 e. The van der Waals surface area contributed by atoms with Crippen molar-refractivity contribution in [3.8, 4) is 0 Å². The molecule has 1 aromatic carbocycles. The topological polar surface area (TPSA) is 58.4 Å². The van der Waals surface area contributed by atoms with E-state index in [1.165, 1.54) is 30.6 Å². The molecule has 1 heterocycles. The Morgan fingerprint density at radius 2 is 1.65 bits per heavy atom. The lowest BCUT2D eigenvalue weighted by molar-refractivity contribution is -0.121. The Labute approximate surface area is 159 Å². The Morgan fingerprint density at radius 3 is 2.31 bits per heavy atom. The third kappa shape index (κ3) is 7.88. The molecule has 146 valence electrons. The van der Waals surface area contributed by atoms with E-state index in [1.807, 2.05) is 0 Å². The van der Waals surface area contributed by atoms with E-state index in [1.54, 1.807) is 0 Å². The first-order valence-electron chi connectivity index (χ1n) is 10.3. The highest BCUT2D eigenvalue weighted by Crippen LogP contribution is 2.22. The number of hydrogen-bond donors (Lipinski definition) is 2. The van der Waals surface area contributed by atoms with Crippen molar-refractivity contribution in [3.63, 3.8) is 0 Å². The summed E-state index contributed by atoms with van der Waals surface area (Å²) in [4.78, 5) is 14.5. The number of carbonyl (C=O) groups excluding carboxylic acids is 1.